The van der Waals surface area contributed by atoms with Gasteiger partial charge in [-0.1, -0.05) is 0 Å². The van der Waals surface area contributed by atoms with E-state index in [0.717, 1.165) is 50.0 Å². The van der Waals surface area contributed by atoms with E-state index in [1.54, 1.807) is 11.3 Å². The van der Waals surface area contributed by atoms with Gasteiger partial charge < -0.3 is 9.47 Å². The third-order valence-corrected chi connectivity index (χ3v) is 5.22. The van der Waals surface area contributed by atoms with Crippen LogP contribution in [0.3, 0.4) is 0 Å². The maximum absolute atomic E-state index is 12.4. The molecule has 1 aliphatic rings. The number of thiophene rings is 1. The lowest BCUT2D eigenvalue weighted by atomic mass is 10.2. The smallest absolute Gasteiger partial charge is 0.264 e. The van der Waals surface area contributed by atoms with Gasteiger partial charge in [0, 0.05) is 51.7 Å². The van der Waals surface area contributed by atoms with Gasteiger partial charge in [-0.25, -0.2) is 4.98 Å². The second-order valence-corrected chi connectivity index (χ2v) is 6.70. The number of imidazole rings is 1. The Labute approximate surface area is 135 Å². The zero-order valence-electron chi connectivity index (χ0n) is 13.2. The summed E-state index contributed by atoms with van der Waals surface area (Å²) in [5, 5.41) is 2.04. The normalized spacial score (nSPS) is 16.2. The Morgan fingerprint density at radius 1 is 1.23 bits per heavy atom. The average Bonchev–Trinajstić information content (AvgIpc) is 3.13. The minimum atomic E-state index is 0.184. The maximum atomic E-state index is 12.4. The van der Waals surface area contributed by atoms with E-state index in [9.17, 15) is 4.79 Å². The van der Waals surface area contributed by atoms with Crippen molar-refractivity contribution in [1.82, 2.24) is 19.4 Å². The van der Waals surface area contributed by atoms with E-state index in [-0.39, 0.29) is 5.91 Å². The fraction of sp³-hybridized carbons (Fsp3) is 0.500. The van der Waals surface area contributed by atoms with Crippen molar-refractivity contribution < 1.29 is 4.79 Å². The third kappa shape index (κ3) is 3.39. The first-order chi connectivity index (χ1) is 10.6. The minimum absolute atomic E-state index is 0.184. The van der Waals surface area contributed by atoms with Crippen molar-refractivity contribution in [3.05, 3.63) is 40.1 Å². The summed E-state index contributed by atoms with van der Waals surface area (Å²) in [7, 11) is 0. The molecule has 0 radical (unpaired) electrons. The lowest BCUT2D eigenvalue weighted by molar-refractivity contribution is 0.0638. The van der Waals surface area contributed by atoms with Gasteiger partial charge in [-0.3, -0.25) is 9.69 Å². The van der Waals surface area contributed by atoms with Gasteiger partial charge in [-0.15, -0.1) is 11.3 Å². The van der Waals surface area contributed by atoms with Gasteiger partial charge >= 0.3 is 0 Å². The summed E-state index contributed by atoms with van der Waals surface area (Å²) in [6.45, 7) is 9.56. The Kier molecular flexibility index (Phi) is 4.59. The number of amides is 1. The van der Waals surface area contributed by atoms with Gasteiger partial charge in [0.1, 0.15) is 5.82 Å². The van der Waals surface area contributed by atoms with Crippen LogP contribution in [0.25, 0.3) is 0 Å². The molecule has 0 saturated carbocycles. The molecule has 1 saturated heterocycles. The molecule has 1 amide bonds. The first-order valence-corrected chi connectivity index (χ1v) is 8.56. The summed E-state index contributed by atoms with van der Waals surface area (Å²) >= 11 is 1.55. The Hall–Kier alpha value is -1.66. The van der Waals surface area contributed by atoms with E-state index < -0.39 is 0 Å². The first kappa shape index (κ1) is 15.2. The molecule has 1 fully saturated rings. The van der Waals surface area contributed by atoms with Crippen LogP contribution in [0, 0.1) is 13.8 Å². The third-order valence-electron chi connectivity index (χ3n) is 4.18. The summed E-state index contributed by atoms with van der Waals surface area (Å²) in [5.41, 5.74) is 1.17. The minimum Gasteiger partial charge on any atom is -0.335 e. The van der Waals surface area contributed by atoms with Crippen LogP contribution in [0.5, 0.6) is 0 Å². The number of aromatic nitrogens is 2. The number of hydrogen-bond acceptors (Lipinski definition) is 4. The number of hydrogen-bond donors (Lipinski definition) is 0. The van der Waals surface area contributed by atoms with E-state index in [1.807, 2.05) is 42.6 Å². The summed E-state index contributed by atoms with van der Waals surface area (Å²) in [5.74, 6) is 1.24. The van der Waals surface area contributed by atoms with Crippen molar-refractivity contribution in [3.63, 3.8) is 0 Å². The van der Waals surface area contributed by atoms with E-state index >= 15 is 0 Å². The largest absolute Gasteiger partial charge is 0.335 e. The maximum Gasteiger partial charge on any atom is 0.264 e. The molecule has 2 aromatic rings. The van der Waals surface area contributed by atoms with Crippen LogP contribution >= 0.6 is 11.3 Å². The molecule has 3 heterocycles. The van der Waals surface area contributed by atoms with Crippen LogP contribution in [-0.2, 0) is 6.54 Å². The van der Waals surface area contributed by atoms with Crippen LogP contribution in [0.2, 0.25) is 0 Å². The summed E-state index contributed by atoms with van der Waals surface area (Å²) in [6.07, 6.45) is 3.86. The van der Waals surface area contributed by atoms with Gasteiger partial charge in [-0.2, -0.15) is 0 Å². The predicted molar refractivity (Wildman–Crippen MR) is 88.4 cm³/mol. The molecule has 0 spiro atoms. The number of aryl methyl sites for hydroxylation is 2. The molecule has 0 atom stereocenters. The fourth-order valence-electron chi connectivity index (χ4n) is 2.76. The molecule has 22 heavy (non-hydrogen) atoms. The number of nitrogens with zero attached hydrogens (tertiary/aromatic N) is 4. The van der Waals surface area contributed by atoms with Crippen molar-refractivity contribution in [2.45, 2.75) is 20.4 Å². The lowest BCUT2D eigenvalue weighted by Crippen LogP contribution is -2.49. The predicted octanol–water partition coefficient (Wildman–Crippen LogP) is 2.02. The average molecular weight is 318 g/mol. The summed E-state index contributed by atoms with van der Waals surface area (Å²) in [4.78, 5) is 21.9. The van der Waals surface area contributed by atoms with Crippen LogP contribution < -0.4 is 0 Å². The molecular weight excluding hydrogens is 296 g/mol. The molecular formula is C16H22N4OS. The fourth-order valence-corrected chi connectivity index (χ4v) is 3.63. The molecule has 0 unspecified atom stereocenters. The zero-order valence-corrected chi connectivity index (χ0v) is 14.0. The van der Waals surface area contributed by atoms with E-state index in [4.69, 9.17) is 0 Å². The van der Waals surface area contributed by atoms with Gasteiger partial charge in [0.15, 0.2) is 0 Å². The number of rotatable bonds is 4. The Bertz CT molecular complexity index is 640. The van der Waals surface area contributed by atoms with Gasteiger partial charge in [0.2, 0.25) is 0 Å². The van der Waals surface area contributed by atoms with Crippen LogP contribution in [0.1, 0.15) is 21.1 Å². The summed E-state index contributed by atoms with van der Waals surface area (Å²) in [6, 6.07) is 1.99. The van der Waals surface area contributed by atoms with Crippen molar-refractivity contribution in [2.24, 2.45) is 0 Å². The molecule has 0 bridgehead atoms. The highest BCUT2D eigenvalue weighted by Crippen LogP contribution is 2.17. The van der Waals surface area contributed by atoms with Crippen LogP contribution in [-0.4, -0.2) is 58.0 Å². The monoisotopic (exact) mass is 318 g/mol. The van der Waals surface area contributed by atoms with Gasteiger partial charge in [-0.05, 0) is 30.9 Å². The SMILES string of the molecule is Cc1csc(C(=O)N2CCN(CCn3ccnc3C)CC2)c1. The Morgan fingerprint density at radius 3 is 2.59 bits per heavy atom. The van der Waals surface area contributed by atoms with E-state index in [2.05, 4.69) is 14.5 Å². The molecule has 6 heteroatoms. The molecule has 0 N–H and O–H groups in total. The topological polar surface area (TPSA) is 41.4 Å². The molecule has 3 rings (SSSR count). The zero-order chi connectivity index (χ0) is 15.5. The second kappa shape index (κ2) is 6.62. The van der Waals surface area contributed by atoms with Crippen LogP contribution in [0.15, 0.2) is 23.8 Å². The van der Waals surface area contributed by atoms with Crippen molar-refractivity contribution in [1.29, 1.82) is 0 Å². The quantitative estimate of drug-likeness (QED) is 0.866. The standard InChI is InChI=1S/C16H22N4OS/c1-13-11-15(22-12-13)16(21)20-9-6-18(7-10-20)5-8-19-4-3-17-14(19)2/h3-4,11-12H,5-10H2,1-2H3. The molecule has 0 aliphatic carbocycles. The van der Waals surface area contributed by atoms with Gasteiger partial charge in [0.25, 0.3) is 5.91 Å². The molecule has 1 aliphatic heterocycles. The Balaban J connectivity index is 1.48. The highest BCUT2D eigenvalue weighted by atomic mass is 32.1. The number of carbonyl (C=O) groups is 1. The number of carbonyl (C=O) groups excluding carboxylic acids is 1. The number of piperazine rings is 1. The summed E-state index contributed by atoms with van der Waals surface area (Å²) < 4.78 is 2.17. The second-order valence-electron chi connectivity index (χ2n) is 5.79. The Morgan fingerprint density at radius 2 is 2.00 bits per heavy atom. The lowest BCUT2D eigenvalue weighted by Gasteiger charge is -2.34. The van der Waals surface area contributed by atoms with Crippen molar-refractivity contribution in [2.75, 3.05) is 32.7 Å². The van der Waals surface area contributed by atoms with E-state index in [0.29, 0.717) is 0 Å². The van der Waals surface area contributed by atoms with Crippen molar-refractivity contribution in [3.8, 4) is 0 Å². The van der Waals surface area contributed by atoms with Crippen molar-refractivity contribution >= 4 is 17.2 Å². The van der Waals surface area contributed by atoms with Crippen LogP contribution in [0.4, 0.5) is 0 Å². The van der Waals surface area contributed by atoms with Gasteiger partial charge in [0.05, 0.1) is 4.88 Å². The molecule has 118 valence electrons. The molecule has 5 nitrogen and oxygen atoms in total. The first-order valence-electron chi connectivity index (χ1n) is 7.68. The highest BCUT2D eigenvalue weighted by molar-refractivity contribution is 7.12. The highest BCUT2D eigenvalue weighted by Gasteiger charge is 2.22. The molecule has 2 aromatic heterocycles. The van der Waals surface area contributed by atoms with E-state index in [1.165, 1.54) is 5.56 Å². The molecule has 0 aromatic carbocycles.